The zero-order chi connectivity index (χ0) is 18.8. The van der Waals surface area contributed by atoms with Gasteiger partial charge in [-0.05, 0) is 49.8 Å². The first-order valence-corrected chi connectivity index (χ1v) is 8.63. The number of anilines is 1. The Morgan fingerprint density at radius 1 is 1.15 bits per heavy atom. The summed E-state index contributed by atoms with van der Waals surface area (Å²) in [7, 11) is 0. The molecule has 2 aliphatic rings. The standard InChI is InChI=1S/C21H16FN3O2/c1-21(2)15(11-3-4-12-10-23-25-16(12)7-11)9-18(27-21)19-14-6-5-13(22)8-17(14)24-20(19)26/h3-10H,1-2H3,(H,23,25)(H,24,26). The van der Waals surface area contributed by atoms with Gasteiger partial charge in [-0.3, -0.25) is 9.89 Å². The minimum atomic E-state index is -0.612. The molecule has 0 atom stereocenters. The van der Waals surface area contributed by atoms with Gasteiger partial charge in [-0.2, -0.15) is 5.10 Å². The van der Waals surface area contributed by atoms with Gasteiger partial charge in [0.1, 0.15) is 17.2 Å². The highest BCUT2D eigenvalue weighted by molar-refractivity contribution is 6.32. The Labute approximate surface area is 154 Å². The maximum absolute atomic E-state index is 13.5. The van der Waals surface area contributed by atoms with Crippen LogP contribution in [0.3, 0.4) is 0 Å². The first-order valence-electron chi connectivity index (χ1n) is 8.63. The molecule has 0 unspecified atom stereocenters. The molecule has 0 saturated carbocycles. The highest BCUT2D eigenvalue weighted by Gasteiger charge is 2.38. The van der Waals surface area contributed by atoms with Crippen molar-refractivity contribution in [1.29, 1.82) is 0 Å². The topological polar surface area (TPSA) is 67.0 Å². The number of fused-ring (bicyclic) bond motifs is 2. The molecule has 1 aromatic heterocycles. The van der Waals surface area contributed by atoms with E-state index in [9.17, 15) is 9.18 Å². The Morgan fingerprint density at radius 2 is 2.00 bits per heavy atom. The summed E-state index contributed by atoms with van der Waals surface area (Å²) in [6.45, 7) is 3.92. The van der Waals surface area contributed by atoms with E-state index in [2.05, 4.69) is 15.5 Å². The Bertz CT molecular complexity index is 1190. The van der Waals surface area contributed by atoms with Crippen molar-refractivity contribution in [2.24, 2.45) is 0 Å². The molecule has 3 aromatic rings. The number of aromatic amines is 1. The number of hydrogen-bond acceptors (Lipinski definition) is 3. The van der Waals surface area contributed by atoms with Gasteiger partial charge < -0.3 is 10.1 Å². The van der Waals surface area contributed by atoms with Gasteiger partial charge in [-0.1, -0.05) is 12.1 Å². The molecule has 5 nitrogen and oxygen atoms in total. The molecule has 0 aliphatic carbocycles. The molecule has 3 heterocycles. The van der Waals surface area contributed by atoms with Crippen molar-refractivity contribution in [2.75, 3.05) is 5.32 Å². The lowest BCUT2D eigenvalue weighted by molar-refractivity contribution is -0.111. The van der Waals surface area contributed by atoms with Crippen LogP contribution in [0.25, 0.3) is 22.0 Å². The Morgan fingerprint density at radius 3 is 2.85 bits per heavy atom. The molecule has 0 spiro atoms. The molecular formula is C21H16FN3O2. The predicted molar refractivity (Wildman–Crippen MR) is 101 cm³/mol. The lowest BCUT2D eigenvalue weighted by Gasteiger charge is -2.23. The predicted octanol–water partition coefficient (Wildman–Crippen LogP) is 4.26. The smallest absolute Gasteiger partial charge is 0.260 e. The van der Waals surface area contributed by atoms with Crippen molar-refractivity contribution >= 4 is 33.6 Å². The molecule has 0 bridgehead atoms. The second-order valence-corrected chi connectivity index (χ2v) is 7.23. The number of rotatable bonds is 1. The molecule has 5 rings (SSSR count). The molecule has 0 fully saturated rings. The second-order valence-electron chi connectivity index (χ2n) is 7.23. The molecule has 6 heteroatoms. The Hall–Kier alpha value is -3.41. The van der Waals surface area contributed by atoms with E-state index in [1.807, 2.05) is 38.1 Å². The van der Waals surface area contributed by atoms with Crippen LogP contribution >= 0.6 is 0 Å². The van der Waals surface area contributed by atoms with Crippen molar-refractivity contribution in [3.05, 3.63) is 71.4 Å². The van der Waals surface area contributed by atoms with Gasteiger partial charge in [0, 0.05) is 16.5 Å². The minimum absolute atomic E-state index is 0.289. The maximum atomic E-state index is 13.5. The zero-order valence-electron chi connectivity index (χ0n) is 14.8. The van der Waals surface area contributed by atoms with E-state index in [4.69, 9.17) is 4.74 Å². The molecule has 2 N–H and O–H groups in total. The Kier molecular flexibility index (Phi) is 3.10. The van der Waals surface area contributed by atoms with Crippen LogP contribution in [0.2, 0.25) is 0 Å². The van der Waals surface area contributed by atoms with Crippen LogP contribution in [0.15, 0.2) is 54.4 Å². The number of nitrogens with zero attached hydrogens (tertiary/aromatic N) is 1. The van der Waals surface area contributed by atoms with E-state index in [-0.39, 0.29) is 5.91 Å². The quantitative estimate of drug-likeness (QED) is 0.637. The number of allylic oxidation sites excluding steroid dienone is 1. The van der Waals surface area contributed by atoms with Crippen molar-refractivity contribution in [2.45, 2.75) is 19.4 Å². The summed E-state index contributed by atoms with van der Waals surface area (Å²) in [6.07, 6.45) is 3.67. The fourth-order valence-electron chi connectivity index (χ4n) is 3.71. The fraction of sp³-hybridized carbons (Fsp3) is 0.143. The molecule has 2 aliphatic heterocycles. The second kappa shape index (κ2) is 5.30. The number of halogens is 1. The van der Waals surface area contributed by atoms with Gasteiger partial charge in [0.15, 0.2) is 0 Å². The number of carbonyl (C=O) groups is 1. The molecule has 1 amide bonds. The summed E-state index contributed by atoms with van der Waals surface area (Å²) in [5, 5.41) is 10.8. The lowest BCUT2D eigenvalue weighted by atomic mass is 9.92. The van der Waals surface area contributed by atoms with Crippen molar-refractivity contribution in [1.82, 2.24) is 10.2 Å². The number of aromatic nitrogens is 2. The first-order chi connectivity index (χ1) is 12.9. The number of amides is 1. The number of nitrogens with one attached hydrogen (secondary N) is 2. The average molecular weight is 361 g/mol. The first kappa shape index (κ1) is 15.8. The fourth-order valence-corrected chi connectivity index (χ4v) is 3.71. The summed E-state index contributed by atoms with van der Waals surface area (Å²) < 4.78 is 19.6. The van der Waals surface area contributed by atoms with E-state index >= 15 is 0 Å². The van der Waals surface area contributed by atoms with Gasteiger partial charge in [-0.25, -0.2) is 4.39 Å². The van der Waals surface area contributed by atoms with Crippen molar-refractivity contribution < 1.29 is 13.9 Å². The van der Waals surface area contributed by atoms with Crippen molar-refractivity contribution in [3.63, 3.8) is 0 Å². The van der Waals surface area contributed by atoms with E-state index in [1.165, 1.54) is 12.1 Å². The van der Waals surface area contributed by atoms with Gasteiger partial charge in [0.05, 0.1) is 23.0 Å². The summed E-state index contributed by atoms with van der Waals surface area (Å²) >= 11 is 0. The van der Waals surface area contributed by atoms with Gasteiger partial charge >= 0.3 is 0 Å². The third-order valence-corrected chi connectivity index (χ3v) is 5.01. The summed E-state index contributed by atoms with van der Waals surface area (Å²) in [4.78, 5) is 12.5. The van der Waals surface area contributed by atoms with E-state index in [1.54, 1.807) is 12.3 Å². The summed E-state index contributed by atoms with van der Waals surface area (Å²) in [6, 6.07) is 10.3. The minimum Gasteiger partial charge on any atom is -0.482 e. The van der Waals surface area contributed by atoms with Crippen LogP contribution in [-0.4, -0.2) is 21.7 Å². The summed E-state index contributed by atoms with van der Waals surface area (Å²) in [5.74, 6) is -0.192. The lowest BCUT2D eigenvalue weighted by Crippen LogP contribution is -2.21. The highest BCUT2D eigenvalue weighted by Crippen LogP contribution is 2.44. The highest BCUT2D eigenvalue weighted by atomic mass is 19.1. The third kappa shape index (κ3) is 2.37. The van der Waals surface area contributed by atoms with Gasteiger partial charge in [-0.15, -0.1) is 0 Å². The van der Waals surface area contributed by atoms with E-state index < -0.39 is 11.4 Å². The third-order valence-electron chi connectivity index (χ3n) is 5.01. The van der Waals surface area contributed by atoms with Crippen LogP contribution in [0, 0.1) is 5.82 Å². The average Bonchev–Trinajstić information content (AvgIpc) is 3.28. The molecule has 0 radical (unpaired) electrons. The monoisotopic (exact) mass is 361 g/mol. The SMILES string of the molecule is CC1(C)OC(=C2C(=O)Nc3cc(F)ccc32)C=C1c1ccc2cn[nH]c2c1. The number of carbonyl (C=O) groups excluding carboxylic acids is 1. The van der Waals surface area contributed by atoms with Gasteiger partial charge in [0.25, 0.3) is 5.91 Å². The Balaban J connectivity index is 1.67. The molecule has 0 saturated heterocycles. The van der Waals surface area contributed by atoms with Crippen LogP contribution in [0.1, 0.15) is 25.0 Å². The van der Waals surface area contributed by atoms with E-state index in [0.29, 0.717) is 22.6 Å². The number of H-pyrrole nitrogens is 1. The van der Waals surface area contributed by atoms with Crippen LogP contribution in [0.4, 0.5) is 10.1 Å². The van der Waals surface area contributed by atoms with Crippen molar-refractivity contribution in [3.8, 4) is 0 Å². The number of benzene rings is 2. The molecule has 2 aromatic carbocycles. The van der Waals surface area contributed by atoms with Gasteiger partial charge in [0.2, 0.25) is 0 Å². The van der Waals surface area contributed by atoms with Crippen LogP contribution in [0.5, 0.6) is 0 Å². The van der Waals surface area contributed by atoms with E-state index in [0.717, 1.165) is 22.0 Å². The normalized spacial score (nSPS) is 20.4. The largest absolute Gasteiger partial charge is 0.482 e. The maximum Gasteiger partial charge on any atom is 0.260 e. The number of hydrogen-bond donors (Lipinski definition) is 2. The molecule has 134 valence electrons. The zero-order valence-corrected chi connectivity index (χ0v) is 14.8. The van der Waals surface area contributed by atoms with Crippen LogP contribution < -0.4 is 5.32 Å². The molecule has 27 heavy (non-hydrogen) atoms. The number of ether oxygens (including phenoxy) is 1. The van der Waals surface area contributed by atoms with Crippen LogP contribution in [-0.2, 0) is 9.53 Å². The summed E-state index contributed by atoms with van der Waals surface area (Å²) in [5.41, 5.74) is 3.81. The molecular weight excluding hydrogens is 345 g/mol.